The molecule has 23 heavy (non-hydrogen) atoms. The van der Waals surface area contributed by atoms with E-state index in [0.29, 0.717) is 26.1 Å². The van der Waals surface area contributed by atoms with Gasteiger partial charge in [0.1, 0.15) is 0 Å². The number of benzene rings is 1. The van der Waals surface area contributed by atoms with Crippen LogP contribution in [0.4, 0.5) is 5.69 Å². The topological polar surface area (TPSA) is 75.7 Å². The molecule has 0 radical (unpaired) electrons. The van der Waals surface area contributed by atoms with E-state index < -0.39 is 0 Å². The molecule has 1 saturated heterocycles. The summed E-state index contributed by atoms with van der Waals surface area (Å²) in [5.74, 6) is -0.395. The summed E-state index contributed by atoms with van der Waals surface area (Å²) in [5, 5.41) is 2.79. The normalized spacial score (nSPS) is 17.2. The van der Waals surface area contributed by atoms with E-state index in [1.165, 1.54) is 0 Å². The van der Waals surface area contributed by atoms with Gasteiger partial charge in [0.05, 0.1) is 13.0 Å². The molecule has 1 aliphatic rings. The molecule has 1 N–H and O–H groups in total. The first kappa shape index (κ1) is 17.0. The second kappa shape index (κ2) is 8.31. The van der Waals surface area contributed by atoms with Crippen molar-refractivity contribution in [3.63, 3.8) is 0 Å². The third-order valence-electron chi connectivity index (χ3n) is 3.72. The Morgan fingerprint density at radius 1 is 1.26 bits per heavy atom. The molecule has 1 fully saturated rings. The predicted octanol–water partition coefficient (Wildman–Crippen LogP) is 1.50. The van der Waals surface area contributed by atoms with E-state index in [0.717, 1.165) is 5.69 Å². The molecule has 0 aromatic heterocycles. The quantitative estimate of drug-likeness (QED) is 0.773. The zero-order valence-electron chi connectivity index (χ0n) is 13.3. The lowest BCUT2D eigenvalue weighted by Crippen LogP contribution is -2.31. The molecular formula is C17H22N2O4. The van der Waals surface area contributed by atoms with Crippen LogP contribution in [0.2, 0.25) is 0 Å². The Kier molecular flexibility index (Phi) is 6.14. The van der Waals surface area contributed by atoms with E-state index in [1.54, 1.807) is 11.8 Å². The molecule has 6 nitrogen and oxygen atoms in total. The van der Waals surface area contributed by atoms with Crippen LogP contribution in [-0.2, 0) is 19.1 Å². The Morgan fingerprint density at radius 2 is 2.00 bits per heavy atom. The third-order valence-corrected chi connectivity index (χ3v) is 3.72. The van der Waals surface area contributed by atoms with Crippen molar-refractivity contribution in [2.75, 3.05) is 24.6 Å². The third kappa shape index (κ3) is 5.09. The highest BCUT2D eigenvalue weighted by Crippen LogP contribution is 2.24. The Labute approximate surface area is 135 Å². The van der Waals surface area contributed by atoms with Gasteiger partial charge in [-0.3, -0.25) is 14.4 Å². The molecule has 124 valence electrons. The number of carbonyl (C=O) groups is 3. The van der Waals surface area contributed by atoms with Gasteiger partial charge in [0, 0.05) is 37.5 Å². The number of nitrogens with zero attached hydrogens (tertiary/aromatic N) is 1. The summed E-state index contributed by atoms with van der Waals surface area (Å²) in [6.45, 7) is 3.09. The minimum absolute atomic E-state index is 0.0713. The van der Waals surface area contributed by atoms with Crippen LogP contribution in [0.25, 0.3) is 0 Å². The molecule has 1 aromatic rings. The lowest BCUT2D eigenvalue weighted by Gasteiger charge is -2.16. The lowest BCUT2D eigenvalue weighted by atomic mass is 10.1. The van der Waals surface area contributed by atoms with Gasteiger partial charge in [0.15, 0.2) is 0 Å². The van der Waals surface area contributed by atoms with Gasteiger partial charge >= 0.3 is 5.97 Å². The van der Waals surface area contributed by atoms with E-state index in [2.05, 4.69) is 5.32 Å². The number of nitrogens with one attached hydrogen (secondary N) is 1. The number of anilines is 1. The van der Waals surface area contributed by atoms with Gasteiger partial charge in [-0.1, -0.05) is 18.2 Å². The second-order valence-corrected chi connectivity index (χ2v) is 5.52. The molecule has 1 heterocycles. The van der Waals surface area contributed by atoms with Gasteiger partial charge in [-0.25, -0.2) is 0 Å². The Balaban J connectivity index is 1.74. The van der Waals surface area contributed by atoms with Crippen molar-refractivity contribution in [2.24, 2.45) is 5.92 Å². The largest absolute Gasteiger partial charge is 0.466 e. The van der Waals surface area contributed by atoms with Gasteiger partial charge in [-0.05, 0) is 19.1 Å². The number of hydrogen-bond acceptors (Lipinski definition) is 4. The Bertz CT molecular complexity index is 559. The fraction of sp³-hybridized carbons (Fsp3) is 0.471. The maximum absolute atomic E-state index is 12.1. The van der Waals surface area contributed by atoms with Gasteiger partial charge < -0.3 is 15.0 Å². The number of rotatable bonds is 7. The fourth-order valence-electron chi connectivity index (χ4n) is 2.57. The maximum Gasteiger partial charge on any atom is 0.306 e. The number of para-hydroxylation sites is 1. The highest BCUT2D eigenvalue weighted by atomic mass is 16.5. The van der Waals surface area contributed by atoms with Gasteiger partial charge in [0.2, 0.25) is 11.8 Å². The van der Waals surface area contributed by atoms with Gasteiger partial charge in [-0.2, -0.15) is 0 Å². The highest BCUT2D eigenvalue weighted by Gasteiger charge is 2.30. The number of ether oxygens (including phenoxy) is 1. The summed E-state index contributed by atoms with van der Waals surface area (Å²) in [5.41, 5.74) is 0.883. The van der Waals surface area contributed by atoms with Crippen LogP contribution in [0.1, 0.15) is 26.2 Å². The molecule has 2 amide bonds. The van der Waals surface area contributed by atoms with Crippen LogP contribution >= 0.6 is 0 Å². The van der Waals surface area contributed by atoms with E-state index in [9.17, 15) is 14.4 Å². The van der Waals surface area contributed by atoms with Crippen LogP contribution in [0, 0.1) is 5.92 Å². The van der Waals surface area contributed by atoms with Crippen molar-refractivity contribution in [3.8, 4) is 0 Å². The van der Waals surface area contributed by atoms with Crippen LogP contribution in [0.15, 0.2) is 30.3 Å². The molecule has 1 unspecified atom stereocenters. The number of amides is 2. The average molecular weight is 318 g/mol. The highest BCUT2D eigenvalue weighted by molar-refractivity contribution is 5.95. The smallest absolute Gasteiger partial charge is 0.306 e. The zero-order chi connectivity index (χ0) is 16.7. The molecule has 2 rings (SSSR count). The monoisotopic (exact) mass is 318 g/mol. The van der Waals surface area contributed by atoms with Gasteiger partial charge in [-0.15, -0.1) is 0 Å². The summed E-state index contributed by atoms with van der Waals surface area (Å²) in [6, 6.07) is 9.50. The van der Waals surface area contributed by atoms with E-state index in [1.807, 2.05) is 30.3 Å². The summed E-state index contributed by atoms with van der Waals surface area (Å²) < 4.78 is 4.78. The van der Waals surface area contributed by atoms with Crippen molar-refractivity contribution >= 4 is 23.5 Å². The van der Waals surface area contributed by atoms with Crippen molar-refractivity contribution in [2.45, 2.75) is 26.2 Å². The van der Waals surface area contributed by atoms with Crippen LogP contribution < -0.4 is 10.2 Å². The first-order valence-corrected chi connectivity index (χ1v) is 7.88. The van der Waals surface area contributed by atoms with E-state index in [4.69, 9.17) is 4.74 Å². The SMILES string of the molecule is CCOC(=O)CCC(=O)NCC1CC(=O)N(c2ccccc2)C1. The van der Waals surface area contributed by atoms with Crippen LogP contribution in [0.5, 0.6) is 0 Å². The minimum Gasteiger partial charge on any atom is -0.466 e. The standard InChI is InChI=1S/C17H22N2O4/c1-2-23-17(22)9-8-15(20)18-11-13-10-16(21)19(12-13)14-6-4-3-5-7-14/h3-7,13H,2,8-12H2,1H3,(H,18,20). The van der Waals surface area contributed by atoms with Crippen LogP contribution in [0.3, 0.4) is 0 Å². The average Bonchev–Trinajstić information content (AvgIpc) is 2.93. The second-order valence-electron chi connectivity index (χ2n) is 5.52. The molecule has 6 heteroatoms. The molecule has 0 saturated carbocycles. The maximum atomic E-state index is 12.1. The summed E-state index contributed by atoms with van der Waals surface area (Å²) in [7, 11) is 0. The summed E-state index contributed by atoms with van der Waals surface area (Å²) in [6.07, 6.45) is 0.619. The molecule has 1 atom stereocenters. The predicted molar refractivity (Wildman–Crippen MR) is 85.8 cm³/mol. The van der Waals surface area contributed by atoms with Gasteiger partial charge in [0.25, 0.3) is 0 Å². The first-order chi connectivity index (χ1) is 11.1. The molecule has 0 spiro atoms. The number of esters is 1. The van der Waals surface area contributed by atoms with Crippen molar-refractivity contribution in [3.05, 3.63) is 30.3 Å². The van der Waals surface area contributed by atoms with E-state index >= 15 is 0 Å². The van der Waals surface area contributed by atoms with E-state index in [-0.39, 0.29) is 36.5 Å². The number of carbonyl (C=O) groups excluding carboxylic acids is 3. The lowest BCUT2D eigenvalue weighted by molar-refractivity contribution is -0.144. The summed E-state index contributed by atoms with van der Waals surface area (Å²) in [4.78, 5) is 36.7. The molecular weight excluding hydrogens is 296 g/mol. The zero-order valence-corrected chi connectivity index (χ0v) is 13.3. The molecule has 0 bridgehead atoms. The van der Waals surface area contributed by atoms with Crippen molar-refractivity contribution in [1.82, 2.24) is 5.32 Å². The van der Waals surface area contributed by atoms with Crippen molar-refractivity contribution < 1.29 is 19.1 Å². The van der Waals surface area contributed by atoms with Crippen molar-refractivity contribution in [1.29, 1.82) is 0 Å². The molecule has 1 aliphatic heterocycles. The molecule has 0 aliphatic carbocycles. The number of hydrogen-bond donors (Lipinski definition) is 1. The first-order valence-electron chi connectivity index (χ1n) is 7.88. The Hall–Kier alpha value is -2.37. The minimum atomic E-state index is -0.367. The van der Waals surface area contributed by atoms with Crippen LogP contribution in [-0.4, -0.2) is 37.5 Å². The summed E-state index contributed by atoms with van der Waals surface area (Å²) >= 11 is 0. The Morgan fingerprint density at radius 3 is 2.70 bits per heavy atom. The fourth-order valence-corrected chi connectivity index (χ4v) is 2.57. The molecule has 1 aromatic carbocycles.